The van der Waals surface area contributed by atoms with Crippen LogP contribution >= 0.6 is 11.3 Å². The Hall–Kier alpha value is -4.19. The third-order valence-electron chi connectivity index (χ3n) is 7.83. The largest absolute Gasteiger partial charge is 2.00 e. The van der Waals surface area contributed by atoms with Gasteiger partial charge in [-0.1, -0.05) is 80.4 Å². The zero-order valence-corrected chi connectivity index (χ0v) is 28.8. The van der Waals surface area contributed by atoms with E-state index < -0.39 is 0 Å². The summed E-state index contributed by atoms with van der Waals surface area (Å²) in [5.41, 5.74) is 7.51. The predicted molar refractivity (Wildman–Crippen MR) is 181 cm³/mol. The number of rotatable bonds is 4. The molecule has 7 aromatic rings. The Morgan fingerprint density at radius 2 is 1.44 bits per heavy atom. The molecule has 0 atom stereocenters. The molecule has 3 heterocycles. The first-order valence-electron chi connectivity index (χ1n) is 14.9. The molecule has 0 fully saturated rings. The fraction of sp³-hybridized carbons (Fsp3) is 0.189. The second kappa shape index (κ2) is 12.7. The van der Waals surface area contributed by atoms with Crippen LogP contribution in [-0.2, 0) is 28.1 Å². The molecule has 4 aromatic carbocycles. The van der Waals surface area contributed by atoms with E-state index in [2.05, 4.69) is 93.1 Å². The van der Waals surface area contributed by atoms with Crippen LogP contribution in [0.25, 0.3) is 54.5 Å². The number of hydrogen-bond acceptors (Lipinski definition) is 4. The van der Waals surface area contributed by atoms with Gasteiger partial charge in [0.25, 0.3) is 0 Å². The number of fused-ring (bicyclic) bond motifs is 9. The van der Waals surface area contributed by atoms with Gasteiger partial charge in [-0.2, -0.15) is 17.1 Å². The van der Waals surface area contributed by atoms with Gasteiger partial charge in [-0.15, -0.1) is 47.1 Å². The van der Waals surface area contributed by atoms with Crippen molar-refractivity contribution in [3.05, 3.63) is 121 Å². The molecule has 0 amide bonds. The smallest absolute Gasteiger partial charge is 0.458 e. The molecular formula is C37H33N5OPtS. The molecule has 0 spiro atoms. The minimum absolute atomic E-state index is 0. The summed E-state index contributed by atoms with van der Waals surface area (Å²) in [7, 11) is 2.00. The van der Waals surface area contributed by atoms with Crippen molar-refractivity contribution in [1.29, 1.82) is 0 Å². The van der Waals surface area contributed by atoms with E-state index >= 15 is 0 Å². The van der Waals surface area contributed by atoms with Crippen molar-refractivity contribution in [3.8, 4) is 11.4 Å². The summed E-state index contributed by atoms with van der Waals surface area (Å²) in [4.78, 5) is 11.0. The second-order valence-corrected chi connectivity index (χ2v) is 12.6. The van der Waals surface area contributed by atoms with Gasteiger partial charge in [0.1, 0.15) is 0 Å². The summed E-state index contributed by atoms with van der Waals surface area (Å²) >= 11 is 1.61. The Kier molecular flexibility index (Phi) is 8.67. The maximum atomic E-state index is 6.34. The molecule has 7 rings (SSSR count). The van der Waals surface area contributed by atoms with Gasteiger partial charge >= 0.3 is 21.1 Å². The molecule has 0 radical (unpaired) electrons. The Bertz CT molecular complexity index is 2240. The van der Waals surface area contributed by atoms with Gasteiger partial charge in [0.2, 0.25) is 11.5 Å². The first kappa shape index (κ1) is 30.8. The van der Waals surface area contributed by atoms with Crippen molar-refractivity contribution in [2.45, 2.75) is 39.5 Å². The summed E-state index contributed by atoms with van der Waals surface area (Å²) in [6.07, 6.45) is 4.05. The van der Waals surface area contributed by atoms with Crippen molar-refractivity contribution in [1.82, 2.24) is 23.7 Å². The fourth-order valence-corrected chi connectivity index (χ4v) is 6.48. The number of hydrogen-bond donors (Lipinski definition) is 0. The molecule has 3 aromatic heterocycles. The van der Waals surface area contributed by atoms with E-state index in [0.717, 1.165) is 31.8 Å². The SMILES string of the molecule is CC(C)c1cccc(C(C)C)c1-n1cc2nc1sc1[c-]c(ccc1)n(C)c1nc(cn1-c1ccccc1)oc1[c-]c2ccc1.[Pt+2]. The van der Waals surface area contributed by atoms with Gasteiger partial charge < -0.3 is 13.6 Å². The quantitative estimate of drug-likeness (QED) is 0.167. The van der Waals surface area contributed by atoms with E-state index in [0.29, 0.717) is 28.9 Å². The molecule has 0 aliphatic rings. The van der Waals surface area contributed by atoms with Crippen LogP contribution in [0.1, 0.15) is 50.7 Å². The van der Waals surface area contributed by atoms with Crippen LogP contribution < -0.4 is 0 Å². The summed E-state index contributed by atoms with van der Waals surface area (Å²) in [5, 5.41) is 0.851. The van der Waals surface area contributed by atoms with Crippen molar-refractivity contribution in [3.63, 3.8) is 0 Å². The number of aromatic nitrogens is 5. The fourth-order valence-electron chi connectivity index (χ4n) is 5.60. The summed E-state index contributed by atoms with van der Waals surface area (Å²) in [6, 6.07) is 36.0. The molecule has 8 bridgehead atoms. The average Bonchev–Trinajstić information content (AvgIpc) is 3.65. The van der Waals surface area contributed by atoms with E-state index in [1.54, 1.807) is 11.3 Å². The van der Waals surface area contributed by atoms with Crippen molar-refractivity contribution in [2.24, 2.45) is 7.05 Å². The molecule has 6 nitrogen and oxygen atoms in total. The Balaban J connectivity index is 0.00000357. The maximum absolute atomic E-state index is 6.34. The van der Waals surface area contributed by atoms with E-state index in [1.165, 1.54) is 16.8 Å². The van der Waals surface area contributed by atoms with Crippen molar-refractivity contribution < 1.29 is 25.5 Å². The van der Waals surface area contributed by atoms with Gasteiger partial charge in [-0.05, 0) is 41.3 Å². The van der Waals surface area contributed by atoms with E-state index in [4.69, 9.17) is 14.4 Å². The number of benzene rings is 4. The minimum atomic E-state index is 0. The first-order valence-corrected chi connectivity index (χ1v) is 15.7. The third-order valence-corrected chi connectivity index (χ3v) is 8.76. The summed E-state index contributed by atoms with van der Waals surface area (Å²) < 4.78 is 13.6. The van der Waals surface area contributed by atoms with E-state index in [1.807, 2.05) is 64.8 Å². The van der Waals surface area contributed by atoms with Gasteiger partial charge in [-0.25, -0.2) is 0 Å². The van der Waals surface area contributed by atoms with Crippen molar-refractivity contribution >= 4 is 54.5 Å². The first-order chi connectivity index (χ1) is 21.4. The van der Waals surface area contributed by atoms with E-state index in [-0.39, 0.29) is 21.1 Å². The Labute approximate surface area is 280 Å². The van der Waals surface area contributed by atoms with Gasteiger partial charge in [0.15, 0.2) is 4.96 Å². The van der Waals surface area contributed by atoms with Crippen LogP contribution in [0.4, 0.5) is 0 Å². The van der Waals surface area contributed by atoms with Crippen LogP contribution in [0.3, 0.4) is 0 Å². The average molecular weight is 791 g/mol. The van der Waals surface area contributed by atoms with Crippen LogP contribution in [-0.4, -0.2) is 23.7 Å². The van der Waals surface area contributed by atoms with Crippen LogP contribution in [0.5, 0.6) is 0 Å². The van der Waals surface area contributed by atoms with Crippen LogP contribution in [0.15, 0.2) is 102 Å². The monoisotopic (exact) mass is 790 g/mol. The summed E-state index contributed by atoms with van der Waals surface area (Å²) in [6.45, 7) is 8.99. The zero-order valence-electron chi connectivity index (χ0n) is 25.8. The third kappa shape index (κ3) is 5.95. The number of para-hydroxylation sites is 2. The standard InChI is InChI=1S/C37H33N5OS.Pt/c1-24(2)31-18-11-19-32(25(3)4)35(31)42-22-33-26-12-9-16-29(20-26)43-34-23-41(27-13-7-6-8-14-27)36(39-34)40(5)28-15-10-17-30(21-28)44-37(42)38-33;/h6-19,22-25H,1-5H3;/q-2;+2. The molecule has 0 saturated carbocycles. The van der Waals surface area contributed by atoms with Crippen LogP contribution in [0.2, 0.25) is 0 Å². The topological polar surface area (TPSA) is 53.7 Å². The van der Waals surface area contributed by atoms with Gasteiger partial charge in [0.05, 0.1) is 11.9 Å². The molecule has 0 aliphatic carbocycles. The molecule has 0 N–H and O–H groups in total. The van der Waals surface area contributed by atoms with E-state index in [9.17, 15) is 0 Å². The molecule has 228 valence electrons. The Morgan fingerprint density at radius 3 is 2.18 bits per heavy atom. The molecule has 0 saturated heterocycles. The molecular weight excluding hydrogens is 758 g/mol. The molecule has 8 heteroatoms. The number of nitrogens with zero attached hydrogens (tertiary/aromatic N) is 5. The number of aryl methyl sites for hydroxylation is 1. The molecule has 0 unspecified atom stereocenters. The van der Waals surface area contributed by atoms with Crippen LogP contribution in [0, 0.1) is 12.1 Å². The second-order valence-electron chi connectivity index (χ2n) is 11.6. The number of imidazole rings is 2. The summed E-state index contributed by atoms with van der Waals surface area (Å²) in [5.74, 6) is 1.40. The maximum Gasteiger partial charge on any atom is 2.00 e. The Morgan fingerprint density at radius 1 is 0.733 bits per heavy atom. The normalized spacial score (nSPS) is 11.4. The predicted octanol–water partition coefficient (Wildman–Crippen LogP) is 9.76. The van der Waals surface area contributed by atoms with Gasteiger partial charge in [-0.3, -0.25) is 9.55 Å². The zero-order chi connectivity index (χ0) is 30.4. The molecule has 45 heavy (non-hydrogen) atoms. The molecule has 0 aliphatic heterocycles. The minimum Gasteiger partial charge on any atom is -0.458 e. The van der Waals surface area contributed by atoms with Gasteiger partial charge in [0, 0.05) is 23.8 Å². The van der Waals surface area contributed by atoms with Crippen molar-refractivity contribution in [2.75, 3.05) is 0 Å².